The van der Waals surface area contributed by atoms with Crippen molar-refractivity contribution in [3.05, 3.63) is 71.3 Å². The molecule has 0 saturated heterocycles. The highest BCUT2D eigenvalue weighted by Gasteiger charge is 2.18. The van der Waals surface area contributed by atoms with Crippen LogP contribution in [0.4, 0.5) is 0 Å². The van der Waals surface area contributed by atoms with Crippen molar-refractivity contribution in [2.75, 3.05) is 0 Å². The summed E-state index contributed by atoms with van der Waals surface area (Å²) < 4.78 is 0. The van der Waals surface area contributed by atoms with Gasteiger partial charge in [0.1, 0.15) is 0 Å². The molecule has 2 heteroatoms. The quantitative estimate of drug-likeness (QED) is 0.895. The zero-order valence-corrected chi connectivity index (χ0v) is 12.3. The molecule has 1 amide bonds. The van der Waals surface area contributed by atoms with Crippen LogP contribution >= 0.6 is 0 Å². The van der Waals surface area contributed by atoms with Crippen LogP contribution in [-0.2, 0) is 4.79 Å². The highest BCUT2D eigenvalue weighted by atomic mass is 16.1. The average Bonchev–Trinajstić information content (AvgIpc) is 2.45. The molecule has 2 nitrogen and oxygen atoms in total. The van der Waals surface area contributed by atoms with E-state index in [1.807, 2.05) is 50.2 Å². The molecular weight excluding hydrogens is 246 g/mol. The molecule has 0 bridgehead atoms. The van der Waals surface area contributed by atoms with E-state index >= 15 is 0 Å². The van der Waals surface area contributed by atoms with Gasteiger partial charge in [-0.05, 0) is 18.1 Å². The number of amides is 1. The Hall–Kier alpha value is -2.09. The number of hydrogen-bond acceptors (Lipinski definition) is 1. The van der Waals surface area contributed by atoms with Gasteiger partial charge in [-0.2, -0.15) is 0 Å². The maximum absolute atomic E-state index is 12.1. The molecule has 0 heterocycles. The van der Waals surface area contributed by atoms with Crippen LogP contribution in [0.5, 0.6) is 0 Å². The van der Waals surface area contributed by atoms with Gasteiger partial charge < -0.3 is 5.32 Å². The highest BCUT2D eigenvalue weighted by Crippen LogP contribution is 2.23. The van der Waals surface area contributed by atoms with Gasteiger partial charge in [0.2, 0.25) is 5.91 Å². The van der Waals surface area contributed by atoms with Crippen molar-refractivity contribution in [3.63, 3.8) is 0 Å². The van der Waals surface area contributed by atoms with E-state index in [1.165, 1.54) is 5.56 Å². The van der Waals surface area contributed by atoms with E-state index in [1.54, 1.807) is 0 Å². The Morgan fingerprint density at radius 1 is 0.950 bits per heavy atom. The summed E-state index contributed by atoms with van der Waals surface area (Å²) in [4.78, 5) is 12.1. The average molecular weight is 267 g/mol. The zero-order chi connectivity index (χ0) is 14.5. The molecule has 1 N–H and O–H groups in total. The summed E-state index contributed by atoms with van der Waals surface area (Å²) in [5.41, 5.74) is 3.42. The van der Waals surface area contributed by atoms with Gasteiger partial charge in [-0.15, -0.1) is 0 Å². The molecule has 2 rings (SSSR count). The first-order chi connectivity index (χ1) is 9.58. The molecule has 2 aromatic carbocycles. The number of rotatable bonds is 4. The van der Waals surface area contributed by atoms with E-state index in [4.69, 9.17) is 0 Å². The summed E-state index contributed by atoms with van der Waals surface area (Å²) in [5.74, 6) is 0.0476. The monoisotopic (exact) mass is 267 g/mol. The first-order valence-electron chi connectivity index (χ1n) is 7.00. The second kappa shape index (κ2) is 6.38. The lowest BCUT2D eigenvalue weighted by atomic mass is 9.96. The summed E-state index contributed by atoms with van der Waals surface area (Å²) in [6, 6.07) is 18.3. The number of aryl methyl sites for hydroxylation is 1. The van der Waals surface area contributed by atoms with Crippen molar-refractivity contribution in [3.8, 4) is 0 Å². The maximum atomic E-state index is 12.1. The molecule has 0 aliphatic heterocycles. The number of carbonyl (C=O) groups excluding carboxylic acids is 1. The predicted molar refractivity (Wildman–Crippen MR) is 82.4 cm³/mol. The van der Waals surface area contributed by atoms with Gasteiger partial charge in [0.15, 0.2) is 0 Å². The van der Waals surface area contributed by atoms with Crippen molar-refractivity contribution in [2.45, 2.75) is 26.8 Å². The summed E-state index contributed by atoms with van der Waals surface area (Å²) >= 11 is 0. The molecular formula is C18H21NO. The fraction of sp³-hybridized carbons (Fsp3) is 0.278. The second-order valence-electron chi connectivity index (χ2n) is 5.42. The molecule has 2 aromatic rings. The van der Waals surface area contributed by atoms with Gasteiger partial charge in [0.25, 0.3) is 0 Å². The Bertz CT molecular complexity index is 575. The van der Waals surface area contributed by atoms with Crippen molar-refractivity contribution in [1.29, 1.82) is 0 Å². The first-order valence-corrected chi connectivity index (χ1v) is 7.00. The maximum Gasteiger partial charge on any atom is 0.223 e. The molecule has 0 fully saturated rings. The van der Waals surface area contributed by atoms with E-state index in [9.17, 15) is 4.79 Å². The van der Waals surface area contributed by atoms with Crippen LogP contribution in [0.2, 0.25) is 0 Å². The smallest absolute Gasteiger partial charge is 0.223 e. The van der Waals surface area contributed by atoms with Crippen LogP contribution in [-0.4, -0.2) is 5.91 Å². The summed E-state index contributed by atoms with van der Waals surface area (Å²) in [7, 11) is 0. The van der Waals surface area contributed by atoms with E-state index in [-0.39, 0.29) is 17.9 Å². The lowest BCUT2D eigenvalue weighted by molar-refractivity contribution is -0.124. The van der Waals surface area contributed by atoms with E-state index in [0.717, 1.165) is 11.1 Å². The van der Waals surface area contributed by atoms with Crippen LogP contribution in [0.3, 0.4) is 0 Å². The lowest BCUT2D eigenvalue weighted by Crippen LogP contribution is -2.32. The first kappa shape index (κ1) is 14.3. The minimum absolute atomic E-state index is 0.0222. The van der Waals surface area contributed by atoms with Crippen molar-refractivity contribution in [2.24, 2.45) is 5.92 Å². The molecule has 1 atom stereocenters. The Morgan fingerprint density at radius 3 is 2.20 bits per heavy atom. The fourth-order valence-electron chi connectivity index (χ4n) is 2.16. The second-order valence-corrected chi connectivity index (χ2v) is 5.42. The van der Waals surface area contributed by atoms with Crippen LogP contribution in [0.1, 0.15) is 36.6 Å². The number of nitrogens with one attached hydrogen (secondary N) is 1. The summed E-state index contributed by atoms with van der Waals surface area (Å²) in [6.07, 6.45) is 0. The molecule has 0 aliphatic rings. The van der Waals surface area contributed by atoms with Crippen molar-refractivity contribution in [1.82, 2.24) is 5.32 Å². The summed E-state index contributed by atoms with van der Waals surface area (Å²) in [5, 5.41) is 3.14. The Kier molecular flexibility index (Phi) is 4.57. The van der Waals surface area contributed by atoms with Crippen molar-refractivity contribution < 1.29 is 4.79 Å². The van der Waals surface area contributed by atoms with Gasteiger partial charge in [-0.3, -0.25) is 4.79 Å². The molecule has 0 aliphatic carbocycles. The summed E-state index contributed by atoms with van der Waals surface area (Å²) in [6.45, 7) is 5.89. The number of hydrogen-bond donors (Lipinski definition) is 1. The van der Waals surface area contributed by atoms with Crippen LogP contribution < -0.4 is 5.32 Å². The van der Waals surface area contributed by atoms with E-state index in [2.05, 4.69) is 30.4 Å². The molecule has 0 radical (unpaired) electrons. The Morgan fingerprint density at radius 2 is 1.60 bits per heavy atom. The third-order valence-corrected chi connectivity index (χ3v) is 3.32. The molecule has 1 unspecified atom stereocenters. The molecule has 0 saturated carbocycles. The molecule has 20 heavy (non-hydrogen) atoms. The standard InChI is InChI=1S/C18H21NO/c1-13(2)18(20)19-17(15-9-5-4-6-10-15)16-11-7-8-14(3)12-16/h4-13,17H,1-3H3,(H,19,20). The van der Waals surface area contributed by atoms with Gasteiger partial charge in [-0.25, -0.2) is 0 Å². The third-order valence-electron chi connectivity index (χ3n) is 3.32. The highest BCUT2D eigenvalue weighted by molar-refractivity contribution is 5.78. The lowest BCUT2D eigenvalue weighted by Gasteiger charge is -2.21. The van der Waals surface area contributed by atoms with Crippen LogP contribution in [0.15, 0.2) is 54.6 Å². The molecule has 0 spiro atoms. The Labute approximate surface area is 120 Å². The van der Waals surface area contributed by atoms with Gasteiger partial charge in [0, 0.05) is 5.92 Å². The van der Waals surface area contributed by atoms with Crippen molar-refractivity contribution >= 4 is 5.91 Å². The zero-order valence-electron chi connectivity index (χ0n) is 12.3. The fourth-order valence-corrected chi connectivity index (χ4v) is 2.16. The predicted octanol–water partition coefficient (Wildman–Crippen LogP) is 3.86. The van der Waals surface area contributed by atoms with Gasteiger partial charge >= 0.3 is 0 Å². The Balaban J connectivity index is 2.37. The molecule has 104 valence electrons. The van der Waals surface area contributed by atoms with Crippen LogP contribution in [0.25, 0.3) is 0 Å². The van der Waals surface area contributed by atoms with Crippen LogP contribution in [0, 0.1) is 12.8 Å². The van der Waals surface area contributed by atoms with E-state index < -0.39 is 0 Å². The minimum atomic E-state index is -0.0917. The van der Waals surface area contributed by atoms with Gasteiger partial charge in [-0.1, -0.05) is 74.0 Å². The number of carbonyl (C=O) groups is 1. The van der Waals surface area contributed by atoms with Gasteiger partial charge in [0.05, 0.1) is 6.04 Å². The normalized spacial score (nSPS) is 12.2. The van der Waals surface area contributed by atoms with E-state index in [0.29, 0.717) is 0 Å². The third kappa shape index (κ3) is 3.47. The largest absolute Gasteiger partial charge is 0.345 e. The minimum Gasteiger partial charge on any atom is -0.345 e. The topological polar surface area (TPSA) is 29.1 Å². The molecule has 0 aromatic heterocycles. The number of benzene rings is 2. The SMILES string of the molecule is Cc1cccc(C(NC(=O)C(C)C)c2ccccc2)c1.